The highest BCUT2D eigenvalue weighted by atomic mass is 32.1. The van der Waals surface area contributed by atoms with Crippen molar-refractivity contribution in [2.24, 2.45) is 4.99 Å². The Morgan fingerprint density at radius 3 is 2.58 bits per heavy atom. The first-order chi connectivity index (χ1) is 17.4. The third-order valence-corrected chi connectivity index (χ3v) is 7.43. The van der Waals surface area contributed by atoms with E-state index in [-0.39, 0.29) is 13.0 Å². The molecule has 2 aromatic carbocycles. The first-order valence-electron chi connectivity index (χ1n) is 11.4. The van der Waals surface area contributed by atoms with Gasteiger partial charge in [-0.25, -0.2) is 0 Å². The number of nitriles is 1. The Bertz CT molecular complexity index is 1540. The number of ether oxygens (including phenoxy) is 1. The second-order valence-electron chi connectivity index (χ2n) is 8.55. The monoisotopic (exact) mass is 497 g/mol. The molecule has 0 saturated carbocycles. The minimum atomic E-state index is -0.942. The van der Waals surface area contributed by atoms with Gasteiger partial charge in [-0.1, -0.05) is 36.4 Å². The highest BCUT2D eigenvalue weighted by molar-refractivity contribution is 7.15. The number of aliphatic imine (C=N–C) groups is 1. The maximum absolute atomic E-state index is 11.7. The Morgan fingerprint density at radius 2 is 1.86 bits per heavy atom. The first kappa shape index (κ1) is 23.5. The lowest BCUT2D eigenvalue weighted by Gasteiger charge is -2.12. The second kappa shape index (κ2) is 9.40. The fourth-order valence-electron chi connectivity index (χ4n) is 4.39. The van der Waals surface area contributed by atoms with Crippen LogP contribution < -0.4 is 4.74 Å². The van der Waals surface area contributed by atoms with Crippen molar-refractivity contribution in [3.05, 3.63) is 81.7 Å². The van der Waals surface area contributed by atoms with E-state index in [1.165, 1.54) is 0 Å². The minimum Gasteiger partial charge on any atom is -0.481 e. The van der Waals surface area contributed by atoms with E-state index in [0.29, 0.717) is 17.4 Å². The number of carboxylic acids is 1. The summed E-state index contributed by atoms with van der Waals surface area (Å²) in [6.45, 7) is 6.01. The van der Waals surface area contributed by atoms with Crippen molar-refractivity contribution >= 4 is 23.0 Å². The molecule has 9 heteroatoms. The lowest BCUT2D eigenvalue weighted by molar-refractivity contribution is -0.137. The van der Waals surface area contributed by atoms with E-state index in [9.17, 15) is 9.90 Å². The van der Waals surface area contributed by atoms with E-state index >= 15 is 0 Å². The van der Waals surface area contributed by atoms with Crippen LogP contribution in [0.5, 0.6) is 5.75 Å². The number of carbonyl (C=O) groups is 1. The van der Waals surface area contributed by atoms with Crippen molar-refractivity contribution < 1.29 is 14.6 Å². The highest BCUT2D eigenvalue weighted by Gasteiger charge is 2.32. The van der Waals surface area contributed by atoms with Crippen LogP contribution in [-0.4, -0.2) is 38.2 Å². The molecule has 0 bridgehead atoms. The quantitative estimate of drug-likeness (QED) is 0.392. The molecule has 8 nitrogen and oxygen atoms in total. The summed E-state index contributed by atoms with van der Waals surface area (Å²) < 4.78 is 7.39. The number of benzene rings is 2. The molecule has 4 aromatic rings. The van der Waals surface area contributed by atoms with Gasteiger partial charge in [0.05, 0.1) is 12.1 Å². The van der Waals surface area contributed by atoms with Crippen LogP contribution >= 0.6 is 11.3 Å². The van der Waals surface area contributed by atoms with Gasteiger partial charge in [0, 0.05) is 16.0 Å². The maximum Gasteiger partial charge on any atom is 0.306 e. The normalized spacial score (nSPS) is 14.3. The molecule has 0 fully saturated rings. The van der Waals surface area contributed by atoms with Gasteiger partial charge in [0.2, 0.25) is 0 Å². The zero-order valence-corrected chi connectivity index (χ0v) is 20.8. The molecule has 0 unspecified atom stereocenters. The van der Waals surface area contributed by atoms with Crippen molar-refractivity contribution in [3.63, 3.8) is 0 Å². The van der Waals surface area contributed by atoms with Gasteiger partial charge in [-0.2, -0.15) is 5.26 Å². The Hall–Kier alpha value is -4.29. The van der Waals surface area contributed by atoms with Crippen molar-refractivity contribution in [1.29, 1.82) is 5.26 Å². The smallest absolute Gasteiger partial charge is 0.306 e. The Kier molecular flexibility index (Phi) is 6.12. The largest absolute Gasteiger partial charge is 0.481 e. The van der Waals surface area contributed by atoms with E-state index in [1.807, 2.05) is 66.1 Å². The molecule has 0 radical (unpaired) electrons. The van der Waals surface area contributed by atoms with E-state index in [1.54, 1.807) is 11.3 Å². The summed E-state index contributed by atoms with van der Waals surface area (Å²) in [4.78, 5) is 17.9. The lowest BCUT2D eigenvalue weighted by atomic mass is 9.97. The van der Waals surface area contributed by atoms with Gasteiger partial charge in [-0.15, -0.1) is 21.5 Å². The number of thiophene rings is 1. The number of fused-ring (bicyclic) bond motifs is 3. The van der Waals surface area contributed by atoms with Crippen LogP contribution in [0.15, 0.2) is 53.5 Å². The summed E-state index contributed by atoms with van der Waals surface area (Å²) in [5.74, 6) is 0.934. The third-order valence-electron chi connectivity index (χ3n) is 6.24. The zero-order valence-electron chi connectivity index (χ0n) is 20.0. The van der Waals surface area contributed by atoms with Crippen molar-refractivity contribution in [2.45, 2.75) is 33.2 Å². The molecule has 2 aromatic heterocycles. The van der Waals surface area contributed by atoms with E-state index in [4.69, 9.17) is 15.0 Å². The van der Waals surface area contributed by atoms with Gasteiger partial charge in [-0.3, -0.25) is 14.4 Å². The molecule has 0 spiro atoms. The van der Waals surface area contributed by atoms with Crippen LogP contribution in [0.1, 0.15) is 45.7 Å². The number of hydrogen-bond donors (Lipinski definition) is 1. The van der Waals surface area contributed by atoms with Crippen molar-refractivity contribution in [2.75, 3.05) is 6.61 Å². The molecule has 36 heavy (non-hydrogen) atoms. The standard InChI is InChI=1S/C27H23N5O3S/c1-15-16(2)36-27-24(15)25(29-22(14-23(33)34)26-31-30-17(3)32(26)27)19-9-7-18(8-10-19)20-5-4-6-21(13-20)35-12-11-28/h4-10,13,22H,12,14H2,1-3H3,(H,33,34)/t22-/m0/s1. The van der Waals surface area contributed by atoms with Gasteiger partial charge in [0.1, 0.15) is 28.7 Å². The Morgan fingerprint density at radius 1 is 1.11 bits per heavy atom. The fourth-order valence-corrected chi connectivity index (χ4v) is 5.61. The molecule has 0 amide bonds. The van der Waals surface area contributed by atoms with E-state index < -0.39 is 12.0 Å². The van der Waals surface area contributed by atoms with Crippen molar-refractivity contribution in [3.8, 4) is 27.9 Å². The molecule has 1 atom stereocenters. The molecular formula is C27H23N5O3S. The van der Waals surface area contributed by atoms with Crippen molar-refractivity contribution in [1.82, 2.24) is 14.8 Å². The number of hydrogen-bond acceptors (Lipinski definition) is 7. The predicted molar refractivity (Wildman–Crippen MR) is 137 cm³/mol. The molecule has 1 N–H and O–H groups in total. The predicted octanol–water partition coefficient (Wildman–Crippen LogP) is 5.19. The SMILES string of the molecule is Cc1sc2c(c1C)C(c1ccc(-c3cccc(OCC#N)c3)cc1)=N[C@@H](CC(=O)O)c1nnc(C)n1-2. The summed E-state index contributed by atoms with van der Waals surface area (Å²) >= 11 is 1.64. The van der Waals surface area contributed by atoms with Gasteiger partial charge in [0.25, 0.3) is 0 Å². The topological polar surface area (TPSA) is 113 Å². The number of nitrogens with zero attached hydrogens (tertiary/aromatic N) is 5. The second-order valence-corrected chi connectivity index (χ2v) is 9.75. The van der Waals surface area contributed by atoms with Gasteiger partial charge in [0.15, 0.2) is 12.4 Å². The molecular weight excluding hydrogens is 474 g/mol. The van der Waals surface area contributed by atoms with E-state index in [2.05, 4.69) is 24.0 Å². The molecule has 1 aliphatic rings. The van der Waals surface area contributed by atoms with Gasteiger partial charge >= 0.3 is 5.97 Å². The summed E-state index contributed by atoms with van der Waals surface area (Å²) in [5.41, 5.74) is 5.69. The lowest BCUT2D eigenvalue weighted by Crippen LogP contribution is -2.10. The molecule has 3 heterocycles. The molecule has 0 aliphatic carbocycles. The average molecular weight is 498 g/mol. The van der Waals surface area contributed by atoms with Crippen LogP contribution in [-0.2, 0) is 4.79 Å². The minimum absolute atomic E-state index is 0.00599. The van der Waals surface area contributed by atoms with Crippen LogP contribution in [0, 0.1) is 32.1 Å². The van der Waals surface area contributed by atoms with E-state index in [0.717, 1.165) is 43.4 Å². The molecule has 180 valence electrons. The number of rotatable bonds is 6. The maximum atomic E-state index is 11.7. The summed E-state index contributed by atoms with van der Waals surface area (Å²) in [6, 6.07) is 17.0. The van der Waals surface area contributed by atoms with Crippen LogP contribution in [0.4, 0.5) is 0 Å². The summed E-state index contributed by atoms with van der Waals surface area (Å²) in [7, 11) is 0. The molecule has 1 aliphatic heterocycles. The number of aromatic nitrogens is 3. The third kappa shape index (κ3) is 4.16. The first-order valence-corrected chi connectivity index (χ1v) is 12.2. The number of aryl methyl sites for hydroxylation is 2. The zero-order chi connectivity index (χ0) is 25.4. The highest BCUT2D eigenvalue weighted by Crippen LogP contribution is 2.39. The van der Waals surface area contributed by atoms with Crippen LogP contribution in [0.3, 0.4) is 0 Å². The van der Waals surface area contributed by atoms with Gasteiger partial charge in [-0.05, 0) is 49.6 Å². The van der Waals surface area contributed by atoms with Gasteiger partial charge < -0.3 is 9.84 Å². The fraction of sp³-hybridized carbons (Fsp3) is 0.222. The Balaban J connectivity index is 1.61. The Labute approximate surface area is 212 Å². The average Bonchev–Trinajstić information content (AvgIpc) is 3.35. The van der Waals surface area contributed by atoms with Crippen LogP contribution in [0.2, 0.25) is 0 Å². The summed E-state index contributed by atoms with van der Waals surface area (Å²) in [5, 5.41) is 27.9. The molecule has 0 saturated heterocycles. The number of carboxylic acid groups (broad SMARTS) is 1. The number of aliphatic carboxylic acids is 1. The molecule has 5 rings (SSSR count). The summed E-state index contributed by atoms with van der Waals surface area (Å²) in [6.07, 6.45) is -0.178. The van der Waals surface area contributed by atoms with Crippen LogP contribution in [0.25, 0.3) is 16.1 Å².